The molecule has 0 aromatic carbocycles. The van der Waals surface area contributed by atoms with Crippen molar-refractivity contribution in [3.05, 3.63) is 12.2 Å². The third-order valence-electron chi connectivity index (χ3n) is 4.59. The Balaban J connectivity index is 1.91. The Kier molecular flexibility index (Phi) is 2.32. The van der Waals surface area contributed by atoms with Crippen molar-refractivity contribution < 1.29 is 14.6 Å². The lowest BCUT2D eigenvalue weighted by Crippen LogP contribution is -2.48. The third-order valence-corrected chi connectivity index (χ3v) is 4.59. The van der Waals surface area contributed by atoms with Crippen molar-refractivity contribution in [2.75, 3.05) is 6.61 Å². The van der Waals surface area contributed by atoms with E-state index in [0.717, 1.165) is 38.7 Å². The fourth-order valence-corrected chi connectivity index (χ4v) is 3.79. The summed E-state index contributed by atoms with van der Waals surface area (Å²) in [5, 5.41) is 9.62. The molecule has 1 heterocycles. The molecule has 0 spiro atoms. The van der Waals surface area contributed by atoms with Crippen LogP contribution in [0.1, 0.15) is 32.1 Å². The minimum atomic E-state index is -0.642. The zero-order chi connectivity index (χ0) is 11.2. The number of allylic oxidation sites excluding steroid dienone is 2. The molecule has 2 bridgehead atoms. The molecule has 3 heteroatoms. The second-order valence-electron chi connectivity index (χ2n) is 5.39. The van der Waals surface area contributed by atoms with Crippen LogP contribution in [0.5, 0.6) is 0 Å². The van der Waals surface area contributed by atoms with Crippen molar-refractivity contribution in [3.8, 4) is 0 Å². The van der Waals surface area contributed by atoms with Gasteiger partial charge < -0.3 is 9.84 Å². The Hall–Kier alpha value is -0.830. The molecule has 3 nitrogen and oxygen atoms in total. The molecule has 88 valence electrons. The van der Waals surface area contributed by atoms with Crippen molar-refractivity contribution >= 4 is 5.97 Å². The number of carboxylic acids is 1. The standard InChI is InChI=1S/C13H18O3/c14-12(15)13(11-3-1-2-6-16-11)8-9-4-5-10(13)7-9/h4-5,9-11H,1-3,6-8H2,(H,14,15)/t9-,10-,11-,13-/m1/s1. The van der Waals surface area contributed by atoms with E-state index in [9.17, 15) is 9.90 Å². The SMILES string of the molecule is O=C(O)[C@]1([C@H]2CCCCO2)C[C@@H]2C=C[C@@H]1C2. The minimum Gasteiger partial charge on any atom is -0.481 e. The number of carboxylic acid groups (broad SMARTS) is 1. The average Bonchev–Trinajstić information content (AvgIpc) is 2.90. The molecule has 0 amide bonds. The Morgan fingerprint density at radius 3 is 2.75 bits per heavy atom. The number of hydrogen-bond acceptors (Lipinski definition) is 2. The first-order valence-electron chi connectivity index (χ1n) is 6.27. The van der Waals surface area contributed by atoms with Crippen LogP contribution in [0.15, 0.2) is 12.2 Å². The average molecular weight is 222 g/mol. The zero-order valence-corrected chi connectivity index (χ0v) is 9.39. The van der Waals surface area contributed by atoms with Gasteiger partial charge in [0.25, 0.3) is 0 Å². The topological polar surface area (TPSA) is 46.5 Å². The highest BCUT2D eigenvalue weighted by Crippen LogP contribution is 2.56. The fourth-order valence-electron chi connectivity index (χ4n) is 3.79. The van der Waals surface area contributed by atoms with Crippen LogP contribution in [0, 0.1) is 17.3 Å². The maximum Gasteiger partial charge on any atom is 0.312 e. The van der Waals surface area contributed by atoms with E-state index < -0.39 is 11.4 Å². The van der Waals surface area contributed by atoms with Crippen molar-refractivity contribution in [2.24, 2.45) is 17.3 Å². The van der Waals surface area contributed by atoms with Gasteiger partial charge in [0.2, 0.25) is 0 Å². The highest BCUT2D eigenvalue weighted by Gasteiger charge is 2.58. The van der Waals surface area contributed by atoms with E-state index in [0.29, 0.717) is 5.92 Å². The van der Waals surface area contributed by atoms with Crippen LogP contribution in [0.2, 0.25) is 0 Å². The van der Waals surface area contributed by atoms with E-state index in [2.05, 4.69) is 12.2 Å². The van der Waals surface area contributed by atoms with Crippen LogP contribution in [0.25, 0.3) is 0 Å². The molecule has 1 saturated heterocycles. The zero-order valence-electron chi connectivity index (χ0n) is 9.39. The molecule has 0 unspecified atom stereocenters. The van der Waals surface area contributed by atoms with Gasteiger partial charge in [-0.3, -0.25) is 4.79 Å². The van der Waals surface area contributed by atoms with Gasteiger partial charge in [-0.1, -0.05) is 12.2 Å². The summed E-state index contributed by atoms with van der Waals surface area (Å²) in [4.78, 5) is 11.7. The van der Waals surface area contributed by atoms with E-state index in [4.69, 9.17) is 4.74 Å². The molecule has 0 aromatic rings. The van der Waals surface area contributed by atoms with Crippen LogP contribution >= 0.6 is 0 Å². The molecule has 16 heavy (non-hydrogen) atoms. The Bertz CT molecular complexity index is 330. The van der Waals surface area contributed by atoms with Crippen molar-refractivity contribution in [2.45, 2.75) is 38.2 Å². The fraction of sp³-hybridized carbons (Fsp3) is 0.769. The van der Waals surface area contributed by atoms with Crippen LogP contribution < -0.4 is 0 Å². The van der Waals surface area contributed by atoms with Crippen molar-refractivity contribution in [1.29, 1.82) is 0 Å². The maximum absolute atomic E-state index is 11.7. The first kappa shape index (κ1) is 10.3. The van der Waals surface area contributed by atoms with Gasteiger partial charge in [-0.2, -0.15) is 0 Å². The molecular formula is C13H18O3. The molecular weight excluding hydrogens is 204 g/mol. The summed E-state index contributed by atoms with van der Waals surface area (Å²) in [5.41, 5.74) is -0.611. The van der Waals surface area contributed by atoms with E-state index in [1.807, 2.05) is 0 Å². The molecule has 2 fully saturated rings. The largest absolute Gasteiger partial charge is 0.481 e. The summed E-state index contributed by atoms with van der Waals surface area (Å²) in [6, 6.07) is 0. The predicted octanol–water partition coefficient (Wildman–Crippen LogP) is 2.22. The first-order chi connectivity index (χ1) is 7.73. The van der Waals surface area contributed by atoms with Crippen LogP contribution in [0.4, 0.5) is 0 Å². The Labute approximate surface area is 95.5 Å². The van der Waals surface area contributed by atoms with Crippen LogP contribution in [-0.2, 0) is 9.53 Å². The van der Waals surface area contributed by atoms with Gasteiger partial charge in [0, 0.05) is 6.61 Å². The molecule has 0 radical (unpaired) electrons. The normalized spacial score (nSPS) is 46.1. The number of fused-ring (bicyclic) bond motifs is 2. The lowest BCUT2D eigenvalue weighted by Gasteiger charge is -2.40. The first-order valence-corrected chi connectivity index (χ1v) is 6.27. The van der Waals surface area contributed by atoms with E-state index in [-0.39, 0.29) is 12.0 Å². The smallest absolute Gasteiger partial charge is 0.312 e. The van der Waals surface area contributed by atoms with E-state index >= 15 is 0 Å². The molecule has 2 aliphatic carbocycles. The molecule has 1 aliphatic heterocycles. The van der Waals surface area contributed by atoms with Gasteiger partial charge in [0.1, 0.15) is 5.41 Å². The van der Waals surface area contributed by atoms with E-state index in [1.165, 1.54) is 0 Å². The summed E-state index contributed by atoms with van der Waals surface area (Å²) < 4.78 is 5.76. The lowest BCUT2D eigenvalue weighted by molar-refractivity contribution is -0.166. The highest BCUT2D eigenvalue weighted by atomic mass is 16.5. The summed E-state index contributed by atoms with van der Waals surface area (Å²) in [5.74, 6) is 0.0426. The van der Waals surface area contributed by atoms with Crippen molar-refractivity contribution in [3.63, 3.8) is 0 Å². The monoisotopic (exact) mass is 222 g/mol. The summed E-state index contributed by atoms with van der Waals surface area (Å²) in [6.45, 7) is 0.737. The van der Waals surface area contributed by atoms with Gasteiger partial charge in [0.05, 0.1) is 6.10 Å². The Morgan fingerprint density at radius 1 is 1.38 bits per heavy atom. The van der Waals surface area contributed by atoms with Crippen LogP contribution in [-0.4, -0.2) is 23.8 Å². The number of hydrogen-bond donors (Lipinski definition) is 1. The summed E-state index contributed by atoms with van der Waals surface area (Å²) >= 11 is 0. The number of aliphatic carboxylic acids is 1. The second-order valence-corrected chi connectivity index (χ2v) is 5.39. The van der Waals surface area contributed by atoms with Gasteiger partial charge >= 0.3 is 5.97 Å². The molecule has 3 aliphatic rings. The minimum absolute atomic E-state index is 0.0568. The number of carbonyl (C=O) groups is 1. The Morgan fingerprint density at radius 2 is 2.25 bits per heavy atom. The van der Waals surface area contributed by atoms with Gasteiger partial charge in [-0.05, 0) is 43.9 Å². The molecule has 1 saturated carbocycles. The molecule has 3 rings (SSSR count). The predicted molar refractivity (Wildman–Crippen MR) is 59.0 cm³/mol. The molecule has 1 N–H and O–H groups in total. The van der Waals surface area contributed by atoms with Gasteiger partial charge in [-0.15, -0.1) is 0 Å². The number of ether oxygens (including phenoxy) is 1. The third kappa shape index (κ3) is 1.27. The van der Waals surface area contributed by atoms with E-state index in [1.54, 1.807) is 0 Å². The maximum atomic E-state index is 11.7. The summed E-state index contributed by atoms with van der Waals surface area (Å²) in [6.07, 6.45) is 9.16. The van der Waals surface area contributed by atoms with Gasteiger partial charge in [-0.25, -0.2) is 0 Å². The van der Waals surface area contributed by atoms with Gasteiger partial charge in [0.15, 0.2) is 0 Å². The van der Waals surface area contributed by atoms with Crippen LogP contribution in [0.3, 0.4) is 0 Å². The molecule has 4 atom stereocenters. The highest BCUT2D eigenvalue weighted by molar-refractivity contribution is 5.77. The lowest BCUT2D eigenvalue weighted by atomic mass is 9.69. The van der Waals surface area contributed by atoms with Crippen molar-refractivity contribution in [1.82, 2.24) is 0 Å². The molecule has 0 aromatic heterocycles. The quantitative estimate of drug-likeness (QED) is 0.729. The number of rotatable bonds is 2. The second kappa shape index (κ2) is 3.59. The summed E-state index contributed by atoms with van der Waals surface area (Å²) in [7, 11) is 0.